The van der Waals surface area contributed by atoms with Crippen LogP contribution >= 0.6 is 0 Å². The van der Waals surface area contributed by atoms with Crippen LogP contribution in [0.4, 0.5) is 29.7 Å². The number of halogens is 2. The van der Waals surface area contributed by atoms with Gasteiger partial charge in [-0.2, -0.15) is 0 Å². The van der Waals surface area contributed by atoms with E-state index in [1.165, 1.54) is 19.5 Å². The minimum atomic E-state index is -0.979. The van der Waals surface area contributed by atoms with E-state index in [-0.39, 0.29) is 50.6 Å². The summed E-state index contributed by atoms with van der Waals surface area (Å²) in [7, 11) is 1.18. The number of hydrogen-bond donors (Lipinski definition) is 3. The SMILES string of the molecule is C#CCN(CC(=O)NCCNc1c(F)cc(N2C[C@H](CNC(=O)OC)OC2=O)cc1F)C(=O)c1cn2cccnc2n1. The van der Waals surface area contributed by atoms with Crippen LogP contribution in [0.2, 0.25) is 0 Å². The predicted octanol–water partition coefficient (Wildman–Crippen LogP) is 0.992. The number of methoxy groups -OCH3 is 1. The average molecular weight is 585 g/mol. The first-order valence-corrected chi connectivity index (χ1v) is 12.5. The quantitative estimate of drug-likeness (QED) is 0.221. The molecule has 16 heteroatoms. The molecule has 3 aromatic rings. The first-order valence-electron chi connectivity index (χ1n) is 12.5. The second-order valence-electron chi connectivity index (χ2n) is 8.87. The van der Waals surface area contributed by atoms with Crippen molar-refractivity contribution in [3.8, 4) is 12.3 Å². The lowest BCUT2D eigenvalue weighted by Crippen LogP contribution is -2.42. The highest BCUT2D eigenvalue weighted by molar-refractivity contribution is 5.95. The maximum atomic E-state index is 14.7. The van der Waals surface area contributed by atoms with E-state index in [0.29, 0.717) is 5.78 Å². The van der Waals surface area contributed by atoms with E-state index in [2.05, 4.69) is 36.6 Å². The van der Waals surface area contributed by atoms with Crippen LogP contribution in [-0.4, -0.2) is 95.8 Å². The molecule has 1 fully saturated rings. The molecule has 2 aromatic heterocycles. The van der Waals surface area contributed by atoms with Gasteiger partial charge in [-0.15, -0.1) is 6.42 Å². The topological polar surface area (TPSA) is 160 Å². The molecule has 3 heterocycles. The van der Waals surface area contributed by atoms with Crippen LogP contribution in [-0.2, 0) is 14.3 Å². The summed E-state index contributed by atoms with van der Waals surface area (Å²) in [6.07, 6.45) is 7.74. The van der Waals surface area contributed by atoms with Crippen molar-refractivity contribution in [1.82, 2.24) is 29.9 Å². The van der Waals surface area contributed by atoms with Gasteiger partial charge in [-0.25, -0.2) is 28.3 Å². The molecule has 1 aliphatic heterocycles. The summed E-state index contributed by atoms with van der Waals surface area (Å²) in [5, 5.41) is 7.49. The lowest BCUT2D eigenvalue weighted by Gasteiger charge is -2.19. The molecule has 1 aliphatic rings. The highest BCUT2D eigenvalue weighted by Gasteiger charge is 2.33. The standard InChI is InChI=1S/C26H26F2N8O6/c1-3-8-34(23(38)20-14-35-9-4-5-31-24(35)33-20)15-21(37)29-6-7-30-22-18(27)10-16(11-19(22)28)36-13-17(42-26(36)40)12-32-25(39)41-2/h1,4-5,9-11,14,17,30H,6-8,12-13,15H2,2H3,(H,29,37)(H,32,39)/t17-/m0/s1. The van der Waals surface area contributed by atoms with Crippen molar-refractivity contribution in [3.05, 3.63) is 54.1 Å². The Kier molecular flexibility index (Phi) is 9.32. The summed E-state index contributed by atoms with van der Waals surface area (Å²) in [4.78, 5) is 59.1. The summed E-state index contributed by atoms with van der Waals surface area (Å²) in [5.74, 6) is -0.442. The largest absolute Gasteiger partial charge is 0.453 e. The average Bonchev–Trinajstić information content (AvgIpc) is 3.57. The number of carbonyl (C=O) groups excluding carboxylic acids is 4. The number of anilines is 2. The summed E-state index contributed by atoms with van der Waals surface area (Å²) in [5.41, 5.74) is -0.480. The van der Waals surface area contributed by atoms with Crippen molar-refractivity contribution in [1.29, 1.82) is 0 Å². The third kappa shape index (κ3) is 6.99. The minimum Gasteiger partial charge on any atom is -0.453 e. The van der Waals surface area contributed by atoms with E-state index < -0.39 is 47.4 Å². The molecular weight excluding hydrogens is 558 g/mol. The summed E-state index contributed by atoms with van der Waals surface area (Å²) < 4.78 is 40.6. The second kappa shape index (κ2) is 13.3. The normalized spacial score (nSPS) is 14.2. The number of rotatable bonds is 11. The second-order valence-corrected chi connectivity index (χ2v) is 8.87. The lowest BCUT2D eigenvalue weighted by molar-refractivity contribution is -0.121. The van der Waals surface area contributed by atoms with Crippen LogP contribution in [0.25, 0.3) is 5.78 Å². The fraction of sp³-hybridized carbons (Fsp3) is 0.308. The maximum absolute atomic E-state index is 14.7. The molecule has 1 aromatic carbocycles. The summed E-state index contributed by atoms with van der Waals surface area (Å²) in [6.45, 7) is -0.715. The molecule has 0 unspecified atom stereocenters. The number of ether oxygens (including phenoxy) is 2. The Morgan fingerprint density at radius 2 is 2.00 bits per heavy atom. The van der Waals surface area contributed by atoms with Crippen molar-refractivity contribution in [3.63, 3.8) is 0 Å². The maximum Gasteiger partial charge on any atom is 0.414 e. The first kappa shape index (κ1) is 29.5. The van der Waals surface area contributed by atoms with Crippen molar-refractivity contribution in [2.24, 2.45) is 0 Å². The molecule has 14 nitrogen and oxygen atoms in total. The third-order valence-corrected chi connectivity index (χ3v) is 5.98. The van der Waals surface area contributed by atoms with Gasteiger partial charge in [0.25, 0.3) is 5.91 Å². The monoisotopic (exact) mass is 584 g/mol. The summed E-state index contributed by atoms with van der Waals surface area (Å²) in [6, 6.07) is 3.59. The zero-order valence-corrected chi connectivity index (χ0v) is 22.3. The van der Waals surface area contributed by atoms with E-state index in [0.717, 1.165) is 21.9 Å². The van der Waals surface area contributed by atoms with E-state index >= 15 is 0 Å². The number of carbonyl (C=O) groups is 4. The molecule has 0 spiro atoms. The van der Waals surface area contributed by atoms with Gasteiger partial charge in [0.15, 0.2) is 11.6 Å². The molecule has 4 rings (SSSR count). The lowest BCUT2D eigenvalue weighted by atomic mass is 10.2. The smallest absolute Gasteiger partial charge is 0.414 e. The molecule has 0 bridgehead atoms. The highest BCUT2D eigenvalue weighted by Crippen LogP contribution is 2.28. The fourth-order valence-corrected chi connectivity index (χ4v) is 4.02. The molecule has 4 amide bonds. The van der Waals surface area contributed by atoms with E-state index in [4.69, 9.17) is 11.2 Å². The van der Waals surface area contributed by atoms with Crippen LogP contribution in [0.15, 0.2) is 36.8 Å². The molecule has 1 atom stereocenters. The number of fused-ring (bicyclic) bond motifs is 1. The Morgan fingerprint density at radius 1 is 1.24 bits per heavy atom. The third-order valence-electron chi connectivity index (χ3n) is 5.98. The molecule has 42 heavy (non-hydrogen) atoms. The predicted molar refractivity (Wildman–Crippen MR) is 144 cm³/mol. The summed E-state index contributed by atoms with van der Waals surface area (Å²) >= 11 is 0. The highest BCUT2D eigenvalue weighted by atomic mass is 19.1. The Labute approximate surface area is 238 Å². The van der Waals surface area contributed by atoms with Crippen molar-refractivity contribution in [2.45, 2.75) is 6.10 Å². The Morgan fingerprint density at radius 3 is 2.69 bits per heavy atom. The van der Waals surface area contributed by atoms with E-state index in [1.54, 1.807) is 16.7 Å². The number of amides is 4. The van der Waals surface area contributed by atoms with Crippen molar-refractivity contribution < 1.29 is 37.4 Å². The first-order chi connectivity index (χ1) is 20.2. The van der Waals surface area contributed by atoms with Gasteiger partial charge < -0.3 is 30.3 Å². The van der Waals surface area contributed by atoms with Crippen molar-refractivity contribution in [2.75, 3.05) is 56.6 Å². The van der Waals surface area contributed by atoms with Gasteiger partial charge >= 0.3 is 12.2 Å². The number of nitrogens with one attached hydrogen (secondary N) is 3. The van der Waals surface area contributed by atoms with Crippen LogP contribution in [0, 0.1) is 24.0 Å². The zero-order valence-electron chi connectivity index (χ0n) is 22.3. The van der Waals surface area contributed by atoms with Crippen LogP contribution in [0.5, 0.6) is 0 Å². The Hall–Kier alpha value is -5.46. The van der Waals surface area contributed by atoms with Gasteiger partial charge in [0, 0.05) is 43.8 Å². The number of alkyl carbamates (subject to hydrolysis) is 1. The molecule has 0 radical (unpaired) electrons. The van der Waals surface area contributed by atoms with Gasteiger partial charge in [0.05, 0.1) is 32.4 Å². The molecular formula is C26H26F2N8O6. The minimum absolute atomic E-state index is 0.0385. The number of benzene rings is 1. The van der Waals surface area contributed by atoms with Crippen LogP contribution in [0.1, 0.15) is 10.5 Å². The van der Waals surface area contributed by atoms with Crippen LogP contribution < -0.4 is 20.9 Å². The number of terminal acetylenes is 1. The molecule has 3 N–H and O–H groups in total. The number of hydrogen-bond acceptors (Lipinski definition) is 9. The van der Waals surface area contributed by atoms with Gasteiger partial charge in [0.1, 0.15) is 24.0 Å². The Balaban J connectivity index is 1.28. The van der Waals surface area contributed by atoms with Crippen molar-refractivity contribution >= 4 is 41.2 Å². The molecule has 220 valence electrons. The molecule has 1 saturated heterocycles. The Bertz CT molecular complexity index is 1480. The number of imidazole rings is 1. The van der Waals surface area contributed by atoms with Gasteiger partial charge in [0.2, 0.25) is 11.7 Å². The fourth-order valence-electron chi connectivity index (χ4n) is 4.02. The number of aromatic nitrogens is 3. The van der Waals surface area contributed by atoms with Gasteiger partial charge in [-0.1, -0.05) is 5.92 Å². The molecule has 0 aliphatic carbocycles. The van der Waals surface area contributed by atoms with Gasteiger partial charge in [-0.3, -0.25) is 18.9 Å². The van der Waals surface area contributed by atoms with Gasteiger partial charge in [-0.05, 0) is 6.07 Å². The molecule has 0 saturated carbocycles. The zero-order chi connectivity index (χ0) is 30.2. The van der Waals surface area contributed by atoms with E-state index in [9.17, 15) is 28.0 Å². The van der Waals surface area contributed by atoms with E-state index in [1.807, 2.05) is 0 Å². The number of cyclic esters (lactones) is 1. The number of nitrogens with zero attached hydrogens (tertiary/aromatic N) is 5. The van der Waals surface area contributed by atoms with Crippen LogP contribution in [0.3, 0.4) is 0 Å².